The Hall–Kier alpha value is -1.36. The molecule has 21 heavy (non-hydrogen) atoms. The molecule has 0 bridgehead atoms. The molecule has 0 spiro atoms. The molecule has 1 aliphatic carbocycles. The summed E-state index contributed by atoms with van der Waals surface area (Å²) in [7, 11) is 0. The first-order valence-corrected chi connectivity index (χ1v) is 8.07. The predicted octanol–water partition coefficient (Wildman–Crippen LogP) is 2.91. The standard InChI is InChI=1S/C16H28N4O/c1-5-17-15-11(4)16(20-14(19-15)10(2)3)18-9-12-7-6-8-13(12)21/h10,12-13,21H,5-9H2,1-4H3,(H2,17,18,19,20). The van der Waals surface area contributed by atoms with Crippen molar-refractivity contribution in [2.24, 2.45) is 5.92 Å². The van der Waals surface area contributed by atoms with Crippen LogP contribution in [-0.2, 0) is 0 Å². The average molecular weight is 292 g/mol. The van der Waals surface area contributed by atoms with E-state index >= 15 is 0 Å². The number of aliphatic hydroxyl groups is 1. The molecule has 118 valence electrons. The quantitative estimate of drug-likeness (QED) is 0.752. The van der Waals surface area contributed by atoms with E-state index in [2.05, 4.69) is 41.4 Å². The van der Waals surface area contributed by atoms with Gasteiger partial charge in [-0.1, -0.05) is 20.3 Å². The van der Waals surface area contributed by atoms with Crippen molar-refractivity contribution in [2.45, 2.75) is 59.0 Å². The van der Waals surface area contributed by atoms with Crippen LogP contribution in [0, 0.1) is 12.8 Å². The third-order valence-electron chi connectivity index (χ3n) is 4.17. The molecule has 0 amide bonds. The zero-order valence-electron chi connectivity index (χ0n) is 13.6. The van der Waals surface area contributed by atoms with Crippen LogP contribution < -0.4 is 10.6 Å². The van der Waals surface area contributed by atoms with Gasteiger partial charge in [-0.2, -0.15) is 0 Å². The van der Waals surface area contributed by atoms with E-state index in [1.807, 2.05) is 6.92 Å². The highest BCUT2D eigenvalue weighted by molar-refractivity contribution is 5.57. The number of hydrogen-bond acceptors (Lipinski definition) is 5. The van der Waals surface area contributed by atoms with Gasteiger partial charge in [-0.3, -0.25) is 0 Å². The molecule has 0 saturated heterocycles. The summed E-state index contributed by atoms with van der Waals surface area (Å²) in [6.45, 7) is 9.93. The normalized spacial score (nSPS) is 21.8. The fourth-order valence-corrected chi connectivity index (χ4v) is 2.79. The van der Waals surface area contributed by atoms with Gasteiger partial charge in [-0.25, -0.2) is 9.97 Å². The van der Waals surface area contributed by atoms with E-state index in [1.54, 1.807) is 0 Å². The maximum Gasteiger partial charge on any atom is 0.135 e. The number of nitrogens with one attached hydrogen (secondary N) is 2. The Kier molecular flexibility index (Phi) is 5.39. The fourth-order valence-electron chi connectivity index (χ4n) is 2.79. The molecule has 2 rings (SSSR count). The molecule has 1 fully saturated rings. The second-order valence-electron chi connectivity index (χ2n) is 6.23. The molecule has 2 unspecified atom stereocenters. The lowest BCUT2D eigenvalue weighted by atomic mass is 10.1. The Bertz CT molecular complexity index is 476. The highest BCUT2D eigenvalue weighted by Crippen LogP contribution is 2.27. The first-order chi connectivity index (χ1) is 10.0. The minimum absolute atomic E-state index is 0.169. The van der Waals surface area contributed by atoms with Crippen LogP contribution in [0.2, 0.25) is 0 Å². The number of aromatic nitrogens is 2. The Morgan fingerprint density at radius 1 is 1.19 bits per heavy atom. The van der Waals surface area contributed by atoms with Crippen molar-refractivity contribution in [3.8, 4) is 0 Å². The predicted molar refractivity (Wildman–Crippen MR) is 86.9 cm³/mol. The van der Waals surface area contributed by atoms with E-state index in [1.165, 1.54) is 0 Å². The summed E-state index contributed by atoms with van der Waals surface area (Å²) < 4.78 is 0. The Morgan fingerprint density at radius 2 is 1.86 bits per heavy atom. The molecule has 1 aliphatic rings. The zero-order valence-corrected chi connectivity index (χ0v) is 13.6. The molecule has 2 atom stereocenters. The van der Waals surface area contributed by atoms with Gasteiger partial charge in [0.15, 0.2) is 0 Å². The van der Waals surface area contributed by atoms with Gasteiger partial charge in [-0.15, -0.1) is 0 Å². The maximum absolute atomic E-state index is 9.93. The molecule has 0 aliphatic heterocycles. The van der Waals surface area contributed by atoms with Crippen LogP contribution >= 0.6 is 0 Å². The molecule has 1 aromatic rings. The van der Waals surface area contributed by atoms with Gasteiger partial charge in [0.1, 0.15) is 17.5 Å². The van der Waals surface area contributed by atoms with Crippen molar-refractivity contribution in [1.82, 2.24) is 9.97 Å². The van der Waals surface area contributed by atoms with E-state index in [-0.39, 0.29) is 6.10 Å². The fraction of sp³-hybridized carbons (Fsp3) is 0.750. The van der Waals surface area contributed by atoms with E-state index in [0.29, 0.717) is 11.8 Å². The van der Waals surface area contributed by atoms with Crippen LogP contribution in [0.15, 0.2) is 0 Å². The highest BCUT2D eigenvalue weighted by Gasteiger charge is 2.25. The smallest absolute Gasteiger partial charge is 0.135 e. The second-order valence-corrected chi connectivity index (χ2v) is 6.23. The third kappa shape index (κ3) is 3.84. The monoisotopic (exact) mass is 292 g/mol. The molecule has 5 nitrogen and oxygen atoms in total. The summed E-state index contributed by atoms with van der Waals surface area (Å²) in [5.74, 6) is 3.28. The Balaban J connectivity index is 2.16. The maximum atomic E-state index is 9.93. The summed E-state index contributed by atoms with van der Waals surface area (Å²) >= 11 is 0. The average Bonchev–Trinajstić information content (AvgIpc) is 2.85. The molecular formula is C16H28N4O. The van der Waals surface area contributed by atoms with Crippen LogP contribution in [0.3, 0.4) is 0 Å². The van der Waals surface area contributed by atoms with Gasteiger partial charge in [0.05, 0.1) is 6.10 Å². The van der Waals surface area contributed by atoms with Crippen LogP contribution in [-0.4, -0.2) is 34.3 Å². The SMILES string of the molecule is CCNc1nc(C(C)C)nc(NCC2CCCC2O)c1C. The van der Waals surface area contributed by atoms with Crippen molar-refractivity contribution in [3.63, 3.8) is 0 Å². The molecule has 3 N–H and O–H groups in total. The number of rotatable bonds is 6. The number of nitrogens with zero attached hydrogens (tertiary/aromatic N) is 2. The van der Waals surface area contributed by atoms with Crippen molar-refractivity contribution >= 4 is 11.6 Å². The van der Waals surface area contributed by atoms with Gasteiger partial charge < -0.3 is 15.7 Å². The lowest BCUT2D eigenvalue weighted by Crippen LogP contribution is -2.23. The van der Waals surface area contributed by atoms with Gasteiger partial charge >= 0.3 is 0 Å². The summed E-state index contributed by atoms with van der Waals surface area (Å²) in [5, 5.41) is 16.7. The molecule has 1 aromatic heterocycles. The topological polar surface area (TPSA) is 70.1 Å². The molecule has 5 heteroatoms. The van der Waals surface area contributed by atoms with Crippen LogP contribution in [0.4, 0.5) is 11.6 Å². The first-order valence-electron chi connectivity index (χ1n) is 8.07. The lowest BCUT2D eigenvalue weighted by Gasteiger charge is -2.19. The Morgan fingerprint density at radius 3 is 2.38 bits per heavy atom. The van der Waals surface area contributed by atoms with Gasteiger partial charge in [-0.05, 0) is 26.7 Å². The minimum Gasteiger partial charge on any atom is -0.393 e. The van der Waals surface area contributed by atoms with E-state index in [9.17, 15) is 5.11 Å². The number of aliphatic hydroxyl groups excluding tert-OH is 1. The van der Waals surface area contributed by atoms with Crippen molar-refractivity contribution in [1.29, 1.82) is 0 Å². The van der Waals surface area contributed by atoms with E-state index < -0.39 is 0 Å². The van der Waals surface area contributed by atoms with Gasteiger partial charge in [0, 0.05) is 30.5 Å². The minimum atomic E-state index is -0.169. The van der Waals surface area contributed by atoms with Crippen molar-refractivity contribution in [2.75, 3.05) is 23.7 Å². The molecule has 0 radical (unpaired) electrons. The molecule has 1 heterocycles. The first kappa shape index (κ1) is 16.0. The number of anilines is 2. The summed E-state index contributed by atoms with van der Waals surface area (Å²) in [6, 6.07) is 0. The molecule has 0 aromatic carbocycles. The van der Waals surface area contributed by atoms with Crippen LogP contribution in [0.25, 0.3) is 0 Å². The molecular weight excluding hydrogens is 264 g/mol. The highest BCUT2D eigenvalue weighted by atomic mass is 16.3. The van der Waals surface area contributed by atoms with Crippen LogP contribution in [0.5, 0.6) is 0 Å². The lowest BCUT2D eigenvalue weighted by molar-refractivity contribution is 0.138. The van der Waals surface area contributed by atoms with E-state index in [0.717, 1.165) is 55.4 Å². The summed E-state index contributed by atoms with van der Waals surface area (Å²) in [5.41, 5.74) is 1.05. The van der Waals surface area contributed by atoms with E-state index in [4.69, 9.17) is 0 Å². The van der Waals surface area contributed by atoms with Gasteiger partial charge in [0.2, 0.25) is 0 Å². The second kappa shape index (κ2) is 7.07. The van der Waals surface area contributed by atoms with Crippen molar-refractivity contribution in [3.05, 3.63) is 11.4 Å². The Labute approximate surface area is 127 Å². The summed E-state index contributed by atoms with van der Waals surface area (Å²) in [4.78, 5) is 9.26. The largest absolute Gasteiger partial charge is 0.393 e. The van der Waals surface area contributed by atoms with Gasteiger partial charge in [0.25, 0.3) is 0 Å². The number of hydrogen-bond donors (Lipinski definition) is 3. The zero-order chi connectivity index (χ0) is 15.4. The summed E-state index contributed by atoms with van der Waals surface area (Å²) in [6.07, 6.45) is 2.97. The van der Waals surface area contributed by atoms with Crippen molar-refractivity contribution < 1.29 is 5.11 Å². The molecule has 1 saturated carbocycles. The third-order valence-corrected chi connectivity index (χ3v) is 4.17. The van der Waals surface area contributed by atoms with Crippen LogP contribution in [0.1, 0.15) is 57.3 Å².